The number of thiocarbonyl (C=S) groups is 1. The standard InChI is InChI=1S/C28H26F3N3O3S3/c1-37-21-11-9-18(10-12-21)16-23-25(36)34(27(38)40-23)13-4-2-3-8-24(35)33-26-32-17-22(39-26)15-19-6-5-7-20(14-19)28(29,30)31/h5-7,9-12,14,16-17H,2-4,8,13,15H2,1H3,(H,32,33,35). The van der Waals surface area contributed by atoms with Crippen LogP contribution in [0.15, 0.2) is 59.6 Å². The molecule has 0 radical (unpaired) electrons. The van der Waals surface area contributed by atoms with Crippen LogP contribution in [0.4, 0.5) is 18.3 Å². The van der Waals surface area contributed by atoms with Gasteiger partial charge in [-0.25, -0.2) is 4.98 Å². The molecule has 1 aliphatic rings. The van der Waals surface area contributed by atoms with E-state index in [0.29, 0.717) is 45.7 Å². The van der Waals surface area contributed by atoms with E-state index >= 15 is 0 Å². The number of carbonyl (C=O) groups excluding carboxylic acids is 2. The summed E-state index contributed by atoms with van der Waals surface area (Å²) in [7, 11) is 1.60. The topological polar surface area (TPSA) is 71.5 Å². The van der Waals surface area contributed by atoms with E-state index in [-0.39, 0.29) is 18.2 Å². The Labute approximate surface area is 243 Å². The fraction of sp³-hybridized carbons (Fsp3) is 0.286. The van der Waals surface area contributed by atoms with Crippen molar-refractivity contribution in [2.75, 3.05) is 19.0 Å². The fourth-order valence-corrected chi connectivity index (χ4v) is 6.14. The first-order valence-corrected chi connectivity index (χ1v) is 14.5. The number of amides is 2. The Morgan fingerprint density at radius 2 is 1.93 bits per heavy atom. The summed E-state index contributed by atoms with van der Waals surface area (Å²) in [6.07, 6.45) is 1.63. The number of thiazole rings is 1. The minimum absolute atomic E-state index is 0.117. The summed E-state index contributed by atoms with van der Waals surface area (Å²) in [5.74, 6) is 0.435. The second-order valence-corrected chi connectivity index (χ2v) is 11.8. The van der Waals surface area contributed by atoms with Crippen LogP contribution in [-0.2, 0) is 22.2 Å². The van der Waals surface area contributed by atoms with Crippen LogP contribution in [0.5, 0.6) is 5.75 Å². The molecule has 0 bridgehead atoms. The van der Waals surface area contributed by atoms with Crippen molar-refractivity contribution >= 4 is 62.7 Å². The third-order valence-corrected chi connectivity index (χ3v) is 8.30. The lowest BCUT2D eigenvalue weighted by Gasteiger charge is -2.14. The van der Waals surface area contributed by atoms with E-state index in [4.69, 9.17) is 17.0 Å². The third-order valence-electron chi connectivity index (χ3n) is 6.01. The zero-order chi connectivity index (χ0) is 28.7. The Hall–Kier alpha value is -3.22. The van der Waals surface area contributed by atoms with Crippen molar-refractivity contribution < 1.29 is 27.5 Å². The molecule has 1 aliphatic heterocycles. The number of hydrogen-bond acceptors (Lipinski definition) is 7. The highest BCUT2D eigenvalue weighted by Gasteiger charge is 2.32. The molecule has 6 nitrogen and oxygen atoms in total. The molecule has 2 aromatic carbocycles. The molecule has 4 rings (SSSR count). The van der Waals surface area contributed by atoms with E-state index in [2.05, 4.69) is 10.3 Å². The molecule has 12 heteroatoms. The Balaban J connectivity index is 1.18. The van der Waals surface area contributed by atoms with Crippen LogP contribution in [0, 0.1) is 0 Å². The van der Waals surface area contributed by atoms with Crippen LogP contribution in [0.1, 0.15) is 47.3 Å². The first kappa shape index (κ1) is 29.8. The molecule has 210 valence electrons. The maximum atomic E-state index is 12.9. The van der Waals surface area contributed by atoms with Crippen LogP contribution in [0.25, 0.3) is 6.08 Å². The van der Waals surface area contributed by atoms with Gasteiger partial charge in [0.05, 0.1) is 17.6 Å². The summed E-state index contributed by atoms with van der Waals surface area (Å²) >= 11 is 7.91. The van der Waals surface area contributed by atoms with Crippen LogP contribution >= 0.6 is 35.3 Å². The molecule has 1 fully saturated rings. The number of nitrogens with zero attached hydrogens (tertiary/aromatic N) is 2. The largest absolute Gasteiger partial charge is 0.497 e. The number of halogens is 3. The number of nitrogens with one attached hydrogen (secondary N) is 1. The van der Waals surface area contributed by atoms with Gasteiger partial charge in [-0.1, -0.05) is 60.7 Å². The summed E-state index contributed by atoms with van der Waals surface area (Å²) in [6.45, 7) is 0.484. The number of carbonyl (C=O) groups is 2. The molecule has 0 spiro atoms. The van der Waals surface area contributed by atoms with Crippen molar-refractivity contribution in [2.45, 2.75) is 38.3 Å². The van der Waals surface area contributed by atoms with Gasteiger partial charge in [0, 0.05) is 30.5 Å². The van der Waals surface area contributed by atoms with Gasteiger partial charge in [0.1, 0.15) is 10.1 Å². The molecule has 0 unspecified atom stereocenters. The Morgan fingerprint density at radius 3 is 2.65 bits per heavy atom. The lowest BCUT2D eigenvalue weighted by molar-refractivity contribution is -0.137. The van der Waals surface area contributed by atoms with Gasteiger partial charge < -0.3 is 10.1 Å². The molecule has 40 heavy (non-hydrogen) atoms. The van der Waals surface area contributed by atoms with Gasteiger partial charge in [0.2, 0.25) is 5.91 Å². The Morgan fingerprint density at radius 1 is 1.15 bits per heavy atom. The van der Waals surface area contributed by atoms with Crippen molar-refractivity contribution in [3.63, 3.8) is 0 Å². The zero-order valence-electron chi connectivity index (χ0n) is 21.5. The Bertz CT molecular complexity index is 1400. The lowest BCUT2D eigenvalue weighted by atomic mass is 10.1. The Kier molecular flexibility index (Phi) is 9.99. The molecule has 2 heterocycles. The highest BCUT2D eigenvalue weighted by molar-refractivity contribution is 8.26. The number of hydrogen-bond donors (Lipinski definition) is 1. The molecule has 0 atom stereocenters. The average Bonchev–Trinajstić information content (AvgIpc) is 3.46. The summed E-state index contributed by atoms with van der Waals surface area (Å²) in [5, 5.41) is 3.16. The highest BCUT2D eigenvalue weighted by Crippen LogP contribution is 2.33. The van der Waals surface area contributed by atoms with Gasteiger partial charge in [0.15, 0.2) is 5.13 Å². The minimum Gasteiger partial charge on any atom is -0.497 e. The number of benzene rings is 2. The van der Waals surface area contributed by atoms with E-state index in [9.17, 15) is 22.8 Å². The molecule has 1 aromatic heterocycles. The van der Waals surface area contributed by atoms with E-state index in [1.165, 1.54) is 29.2 Å². The highest BCUT2D eigenvalue weighted by atomic mass is 32.2. The van der Waals surface area contributed by atoms with Crippen molar-refractivity contribution in [1.29, 1.82) is 0 Å². The third kappa shape index (κ3) is 8.15. The van der Waals surface area contributed by atoms with Gasteiger partial charge in [-0.05, 0) is 48.2 Å². The number of rotatable bonds is 11. The average molecular weight is 606 g/mol. The summed E-state index contributed by atoms with van der Waals surface area (Å²) < 4.78 is 44.5. The second-order valence-electron chi connectivity index (χ2n) is 8.97. The van der Waals surface area contributed by atoms with Crippen LogP contribution in [0.2, 0.25) is 0 Å². The second kappa shape index (κ2) is 13.4. The van der Waals surface area contributed by atoms with Gasteiger partial charge in [-0.15, -0.1) is 11.3 Å². The van der Waals surface area contributed by atoms with Crippen molar-refractivity contribution in [3.05, 3.63) is 81.2 Å². The van der Waals surface area contributed by atoms with E-state index in [0.717, 1.165) is 34.7 Å². The smallest absolute Gasteiger partial charge is 0.416 e. The van der Waals surface area contributed by atoms with Crippen molar-refractivity contribution in [2.24, 2.45) is 0 Å². The number of thioether (sulfide) groups is 1. The van der Waals surface area contributed by atoms with Gasteiger partial charge in [-0.2, -0.15) is 13.2 Å². The van der Waals surface area contributed by atoms with E-state index < -0.39 is 11.7 Å². The van der Waals surface area contributed by atoms with E-state index in [1.807, 2.05) is 30.3 Å². The van der Waals surface area contributed by atoms with Gasteiger partial charge >= 0.3 is 6.18 Å². The number of alkyl halides is 3. The molecular formula is C28H26F3N3O3S3. The number of aromatic nitrogens is 1. The first-order valence-electron chi connectivity index (χ1n) is 12.4. The zero-order valence-corrected chi connectivity index (χ0v) is 23.9. The van der Waals surface area contributed by atoms with Crippen LogP contribution < -0.4 is 10.1 Å². The van der Waals surface area contributed by atoms with Gasteiger partial charge in [-0.3, -0.25) is 14.5 Å². The maximum absolute atomic E-state index is 12.9. The summed E-state index contributed by atoms with van der Waals surface area (Å²) in [4.78, 5) is 32.2. The lowest BCUT2D eigenvalue weighted by Crippen LogP contribution is -2.29. The SMILES string of the molecule is COc1ccc(C=C2SC(=S)N(CCCCCC(=O)Nc3ncc(Cc4cccc(C(F)(F)F)c4)s3)C2=O)cc1. The molecule has 1 N–H and O–H groups in total. The van der Waals surface area contributed by atoms with Crippen LogP contribution in [0.3, 0.4) is 0 Å². The molecule has 3 aromatic rings. The van der Waals surface area contributed by atoms with Crippen LogP contribution in [-0.4, -0.2) is 39.7 Å². The predicted molar refractivity (Wildman–Crippen MR) is 156 cm³/mol. The number of anilines is 1. The van der Waals surface area contributed by atoms with Crippen molar-refractivity contribution in [3.8, 4) is 5.75 Å². The van der Waals surface area contributed by atoms with Gasteiger partial charge in [0.25, 0.3) is 5.91 Å². The maximum Gasteiger partial charge on any atom is 0.416 e. The molecule has 0 saturated carbocycles. The number of ether oxygens (including phenoxy) is 1. The number of unbranched alkanes of at least 4 members (excludes halogenated alkanes) is 2. The molecular weight excluding hydrogens is 580 g/mol. The minimum atomic E-state index is -4.39. The predicted octanol–water partition coefficient (Wildman–Crippen LogP) is 7.16. The molecule has 1 saturated heterocycles. The normalized spacial score (nSPS) is 14.7. The quantitative estimate of drug-likeness (QED) is 0.142. The summed E-state index contributed by atoms with van der Waals surface area (Å²) in [5.41, 5.74) is 0.715. The fourth-order valence-electron chi connectivity index (χ4n) is 3.96. The van der Waals surface area contributed by atoms with E-state index in [1.54, 1.807) is 24.3 Å². The first-order chi connectivity index (χ1) is 19.1. The number of methoxy groups -OCH3 is 1. The summed E-state index contributed by atoms with van der Waals surface area (Å²) in [6, 6.07) is 12.6. The van der Waals surface area contributed by atoms with Crippen molar-refractivity contribution in [1.82, 2.24) is 9.88 Å². The molecule has 2 amide bonds. The molecule has 0 aliphatic carbocycles. The monoisotopic (exact) mass is 605 g/mol.